The van der Waals surface area contributed by atoms with Gasteiger partial charge in [-0.2, -0.15) is 4.98 Å². The molecular weight excluding hydrogens is 344 g/mol. The molecule has 27 heavy (non-hydrogen) atoms. The van der Waals surface area contributed by atoms with Gasteiger partial charge in [0.15, 0.2) is 11.5 Å². The third kappa shape index (κ3) is 4.59. The van der Waals surface area contributed by atoms with E-state index in [2.05, 4.69) is 40.8 Å². The number of rotatable bonds is 7. The second-order valence-corrected chi connectivity index (χ2v) is 7.36. The van der Waals surface area contributed by atoms with E-state index < -0.39 is 0 Å². The van der Waals surface area contributed by atoms with Crippen molar-refractivity contribution in [1.82, 2.24) is 19.9 Å². The van der Waals surface area contributed by atoms with Crippen LogP contribution in [0.4, 0.5) is 0 Å². The zero-order valence-electron chi connectivity index (χ0n) is 16.9. The standard InChI is InChI=1S/C20H30N4O3/c1-14(2)24-10-8-16(9-11-24)23(3)13-19-21-20(22-27-19)15-6-7-17(25-4)18(12-15)26-5/h6-7,12,14,16H,8-11,13H2,1-5H3. The van der Waals surface area contributed by atoms with Crippen molar-refractivity contribution >= 4 is 0 Å². The van der Waals surface area contributed by atoms with Gasteiger partial charge in [-0.1, -0.05) is 5.16 Å². The molecule has 0 unspecified atom stereocenters. The third-order valence-corrected chi connectivity index (χ3v) is 5.35. The molecule has 148 valence electrons. The van der Waals surface area contributed by atoms with Gasteiger partial charge in [-0.15, -0.1) is 0 Å². The van der Waals surface area contributed by atoms with Gasteiger partial charge in [-0.3, -0.25) is 4.90 Å². The molecule has 1 aliphatic heterocycles. The lowest BCUT2D eigenvalue weighted by atomic mass is 10.0. The van der Waals surface area contributed by atoms with E-state index in [1.54, 1.807) is 14.2 Å². The van der Waals surface area contributed by atoms with Gasteiger partial charge in [0.1, 0.15) is 0 Å². The van der Waals surface area contributed by atoms with Crippen LogP contribution in [-0.2, 0) is 6.54 Å². The third-order valence-electron chi connectivity index (χ3n) is 5.35. The second kappa shape index (κ2) is 8.71. The topological polar surface area (TPSA) is 63.9 Å². The fraction of sp³-hybridized carbons (Fsp3) is 0.600. The van der Waals surface area contributed by atoms with Crippen molar-refractivity contribution in [3.05, 3.63) is 24.1 Å². The Morgan fingerprint density at radius 1 is 1.19 bits per heavy atom. The highest BCUT2D eigenvalue weighted by atomic mass is 16.5. The van der Waals surface area contributed by atoms with Crippen LogP contribution in [0.3, 0.4) is 0 Å². The SMILES string of the molecule is COc1ccc(-c2noc(CN(C)C3CCN(C(C)C)CC3)n2)cc1OC. The molecule has 1 aromatic heterocycles. The molecule has 1 saturated heterocycles. The van der Waals surface area contributed by atoms with E-state index in [1.165, 1.54) is 12.8 Å². The Balaban J connectivity index is 1.63. The Labute approximate surface area is 161 Å². The largest absolute Gasteiger partial charge is 0.493 e. The van der Waals surface area contributed by atoms with Crippen LogP contribution in [-0.4, -0.2) is 66.4 Å². The van der Waals surface area contributed by atoms with E-state index in [0.29, 0.717) is 41.8 Å². The summed E-state index contributed by atoms with van der Waals surface area (Å²) in [7, 11) is 5.37. The Bertz CT molecular complexity index is 739. The number of methoxy groups -OCH3 is 2. The average Bonchev–Trinajstić information content (AvgIpc) is 3.15. The predicted molar refractivity (Wildman–Crippen MR) is 104 cm³/mol. The first-order valence-electron chi connectivity index (χ1n) is 9.51. The van der Waals surface area contributed by atoms with Crippen LogP contribution in [0.1, 0.15) is 32.6 Å². The Morgan fingerprint density at radius 3 is 2.52 bits per heavy atom. The van der Waals surface area contributed by atoms with Gasteiger partial charge >= 0.3 is 0 Å². The van der Waals surface area contributed by atoms with E-state index in [0.717, 1.165) is 18.7 Å². The maximum atomic E-state index is 5.48. The van der Waals surface area contributed by atoms with E-state index in [4.69, 9.17) is 14.0 Å². The second-order valence-electron chi connectivity index (χ2n) is 7.36. The predicted octanol–water partition coefficient (Wildman–Crippen LogP) is 3.06. The summed E-state index contributed by atoms with van der Waals surface area (Å²) in [6.07, 6.45) is 2.34. The Kier molecular flexibility index (Phi) is 6.34. The normalized spacial score (nSPS) is 16.3. The van der Waals surface area contributed by atoms with E-state index >= 15 is 0 Å². The first-order chi connectivity index (χ1) is 13.0. The summed E-state index contributed by atoms with van der Waals surface area (Å²) in [4.78, 5) is 9.42. The smallest absolute Gasteiger partial charge is 0.241 e. The molecule has 3 rings (SSSR count). The van der Waals surface area contributed by atoms with Crippen LogP contribution in [0.2, 0.25) is 0 Å². The van der Waals surface area contributed by atoms with Crippen LogP contribution in [0, 0.1) is 0 Å². The maximum Gasteiger partial charge on any atom is 0.241 e. The van der Waals surface area contributed by atoms with Crippen molar-refractivity contribution < 1.29 is 14.0 Å². The summed E-state index contributed by atoms with van der Waals surface area (Å²) in [5, 5.41) is 4.13. The highest BCUT2D eigenvalue weighted by molar-refractivity contribution is 5.60. The molecule has 2 heterocycles. The van der Waals surface area contributed by atoms with Crippen molar-refractivity contribution in [2.45, 2.75) is 45.3 Å². The van der Waals surface area contributed by atoms with Gasteiger partial charge in [-0.25, -0.2) is 0 Å². The van der Waals surface area contributed by atoms with Gasteiger partial charge < -0.3 is 18.9 Å². The lowest BCUT2D eigenvalue weighted by Crippen LogP contribution is -2.45. The Morgan fingerprint density at radius 2 is 1.89 bits per heavy atom. The van der Waals surface area contributed by atoms with E-state index in [1.807, 2.05) is 18.2 Å². The fourth-order valence-corrected chi connectivity index (χ4v) is 3.60. The molecule has 1 aliphatic rings. The van der Waals surface area contributed by atoms with Crippen LogP contribution in [0.15, 0.2) is 22.7 Å². The zero-order chi connectivity index (χ0) is 19.4. The number of aromatic nitrogens is 2. The molecule has 0 amide bonds. The minimum absolute atomic E-state index is 0.552. The molecule has 2 aromatic rings. The van der Waals surface area contributed by atoms with Gasteiger partial charge in [0, 0.05) is 17.6 Å². The summed E-state index contributed by atoms with van der Waals surface area (Å²) in [6.45, 7) is 7.48. The lowest BCUT2D eigenvalue weighted by Gasteiger charge is -2.38. The molecule has 0 radical (unpaired) electrons. The van der Waals surface area contributed by atoms with Gasteiger partial charge in [0.2, 0.25) is 11.7 Å². The minimum atomic E-state index is 0.552. The molecule has 7 nitrogen and oxygen atoms in total. The average molecular weight is 374 g/mol. The first-order valence-corrected chi connectivity index (χ1v) is 9.51. The summed E-state index contributed by atoms with van der Waals surface area (Å²) >= 11 is 0. The Hall–Kier alpha value is -2.12. The van der Waals surface area contributed by atoms with Crippen LogP contribution in [0.5, 0.6) is 11.5 Å². The number of benzene rings is 1. The molecule has 0 spiro atoms. The molecule has 7 heteroatoms. The molecule has 0 atom stereocenters. The van der Waals surface area contributed by atoms with Crippen molar-refractivity contribution in [3.8, 4) is 22.9 Å². The number of ether oxygens (including phenoxy) is 2. The summed E-state index contributed by atoms with van der Waals surface area (Å²) < 4.78 is 16.1. The molecule has 0 saturated carbocycles. The number of hydrogen-bond acceptors (Lipinski definition) is 7. The monoisotopic (exact) mass is 374 g/mol. The van der Waals surface area contributed by atoms with Crippen LogP contribution >= 0.6 is 0 Å². The quantitative estimate of drug-likeness (QED) is 0.738. The summed E-state index contributed by atoms with van der Waals surface area (Å²) in [5.41, 5.74) is 0.843. The highest BCUT2D eigenvalue weighted by Gasteiger charge is 2.25. The summed E-state index contributed by atoms with van der Waals surface area (Å²) in [5.74, 6) is 2.52. The highest BCUT2D eigenvalue weighted by Crippen LogP contribution is 2.31. The van der Waals surface area contributed by atoms with Crippen molar-refractivity contribution in [2.24, 2.45) is 0 Å². The maximum absolute atomic E-state index is 5.48. The molecular formula is C20H30N4O3. The van der Waals surface area contributed by atoms with E-state index in [-0.39, 0.29) is 0 Å². The first kappa shape index (κ1) is 19.6. The number of nitrogens with zero attached hydrogens (tertiary/aromatic N) is 4. The van der Waals surface area contributed by atoms with Gasteiger partial charge in [0.05, 0.1) is 20.8 Å². The fourth-order valence-electron chi connectivity index (χ4n) is 3.60. The van der Waals surface area contributed by atoms with Gasteiger partial charge in [-0.05, 0) is 65.0 Å². The number of likely N-dealkylation sites (tertiary alicyclic amines) is 1. The van der Waals surface area contributed by atoms with Crippen molar-refractivity contribution in [1.29, 1.82) is 0 Å². The van der Waals surface area contributed by atoms with Crippen LogP contribution < -0.4 is 9.47 Å². The molecule has 0 aliphatic carbocycles. The number of piperidine rings is 1. The summed E-state index contributed by atoms with van der Waals surface area (Å²) in [6, 6.07) is 6.78. The van der Waals surface area contributed by atoms with Crippen molar-refractivity contribution in [2.75, 3.05) is 34.4 Å². The number of hydrogen-bond donors (Lipinski definition) is 0. The lowest BCUT2D eigenvalue weighted by molar-refractivity contribution is 0.0975. The van der Waals surface area contributed by atoms with Gasteiger partial charge in [0.25, 0.3) is 0 Å². The minimum Gasteiger partial charge on any atom is -0.493 e. The van der Waals surface area contributed by atoms with Crippen LogP contribution in [0.25, 0.3) is 11.4 Å². The zero-order valence-corrected chi connectivity index (χ0v) is 16.9. The molecule has 0 N–H and O–H groups in total. The van der Waals surface area contributed by atoms with Crippen molar-refractivity contribution in [3.63, 3.8) is 0 Å². The van der Waals surface area contributed by atoms with E-state index in [9.17, 15) is 0 Å². The molecule has 0 bridgehead atoms. The molecule has 1 aromatic carbocycles. The molecule has 1 fully saturated rings.